The maximum absolute atomic E-state index is 13.4. The number of nitrogen functional groups attached to an aromatic ring is 2. The maximum Gasteiger partial charge on any atom is 0.389 e. The second-order valence-electron chi connectivity index (χ2n) is 15.6. The van der Waals surface area contributed by atoms with Gasteiger partial charge in [-0.15, -0.1) is 0 Å². The third kappa shape index (κ3) is 17.3. The number of ether oxygens (including phenoxy) is 4. The summed E-state index contributed by atoms with van der Waals surface area (Å²) in [6.45, 7) is 0.180. The zero-order valence-corrected chi connectivity index (χ0v) is 36.8. The third-order valence-corrected chi connectivity index (χ3v) is 10.2. The molecular formula is C51H48F6N2O10. The van der Waals surface area contributed by atoms with Crippen LogP contribution in [0.5, 0.6) is 23.0 Å². The zero-order chi connectivity index (χ0) is 50.1. The Morgan fingerprint density at radius 2 is 0.899 bits per heavy atom. The van der Waals surface area contributed by atoms with Crippen molar-refractivity contribution in [3.8, 4) is 23.0 Å². The summed E-state index contributed by atoms with van der Waals surface area (Å²) in [5.41, 5.74) is 13.6. The molecule has 0 aromatic heterocycles. The quantitative estimate of drug-likeness (QED) is 0.0121. The number of esters is 2. The summed E-state index contributed by atoms with van der Waals surface area (Å²) in [5.74, 6) is -3.60. The number of halogens is 6. The number of benzene rings is 5. The summed E-state index contributed by atoms with van der Waals surface area (Å²) in [6.07, 6.45) is -9.09. The van der Waals surface area contributed by atoms with Crippen LogP contribution >= 0.6 is 0 Å². The first-order chi connectivity index (χ1) is 32.7. The molecule has 0 aliphatic rings. The van der Waals surface area contributed by atoms with Crippen LogP contribution in [-0.2, 0) is 9.59 Å². The van der Waals surface area contributed by atoms with Gasteiger partial charge in [-0.05, 0) is 139 Å². The third-order valence-electron chi connectivity index (χ3n) is 10.2. The fraction of sp³-hybridized carbons (Fsp3) is 0.255. The number of anilines is 2. The number of carbonyl (C=O) groups is 4. The number of nitrogens with two attached hydrogens (primary N) is 2. The summed E-state index contributed by atoms with van der Waals surface area (Å²) in [5, 5.41) is 22.7. The lowest BCUT2D eigenvalue weighted by molar-refractivity contribution is -0.136. The topological polar surface area (TPSA) is 198 Å². The Morgan fingerprint density at radius 1 is 0.522 bits per heavy atom. The predicted octanol–water partition coefficient (Wildman–Crippen LogP) is 9.88. The summed E-state index contributed by atoms with van der Waals surface area (Å²) >= 11 is 0. The van der Waals surface area contributed by atoms with Gasteiger partial charge >= 0.3 is 24.3 Å². The van der Waals surface area contributed by atoms with Gasteiger partial charge in [0.1, 0.15) is 35.2 Å². The van der Waals surface area contributed by atoms with Gasteiger partial charge in [-0.3, -0.25) is 9.59 Å². The number of ketones is 2. The van der Waals surface area contributed by atoms with Crippen LogP contribution in [0.1, 0.15) is 81.8 Å². The van der Waals surface area contributed by atoms with Crippen LogP contribution in [-0.4, -0.2) is 71.5 Å². The van der Waals surface area contributed by atoms with Gasteiger partial charge in [0.2, 0.25) is 0 Å². The van der Waals surface area contributed by atoms with Gasteiger partial charge in [0.05, 0.1) is 30.3 Å². The fourth-order valence-electron chi connectivity index (χ4n) is 6.55. The summed E-state index contributed by atoms with van der Waals surface area (Å²) in [6, 6.07) is 27.9. The smallest absolute Gasteiger partial charge is 0.389 e. The molecule has 18 heteroatoms. The lowest BCUT2D eigenvalue weighted by Gasteiger charge is -2.26. The van der Waals surface area contributed by atoms with Crippen molar-refractivity contribution < 1.29 is 74.7 Å². The van der Waals surface area contributed by atoms with E-state index in [1.165, 1.54) is 127 Å². The van der Waals surface area contributed by atoms with Gasteiger partial charge in [-0.1, -0.05) is 42.5 Å². The summed E-state index contributed by atoms with van der Waals surface area (Å²) in [7, 11) is 0. The van der Waals surface area contributed by atoms with Crippen molar-refractivity contribution in [3.05, 3.63) is 155 Å². The molecule has 5 rings (SSSR count). The number of aliphatic hydroxyl groups is 2. The molecule has 2 unspecified atom stereocenters. The van der Waals surface area contributed by atoms with Crippen molar-refractivity contribution in [1.82, 2.24) is 0 Å². The second kappa shape index (κ2) is 24.5. The van der Waals surface area contributed by atoms with Gasteiger partial charge in [0.25, 0.3) is 0 Å². The molecule has 0 saturated carbocycles. The number of unbranched alkanes of at least 4 members (excludes halogenated alkanes) is 2. The molecule has 0 heterocycles. The Kier molecular flexibility index (Phi) is 18.7. The van der Waals surface area contributed by atoms with Crippen molar-refractivity contribution >= 4 is 47.0 Å². The Balaban J connectivity index is 1.15. The van der Waals surface area contributed by atoms with E-state index in [0.29, 0.717) is 22.6 Å². The minimum Gasteiger partial charge on any atom is -0.494 e. The standard InChI is InChI=1S/C51H48F6N2O10/c52-50(53,54)27-1-3-29-66-37-16-20-39(21-17-37)68-48(64)34-11-5-32(6-12-34)9-25-43(60)46(62)45(41-24-15-36(58)31-42(41)59)47(63)44(61)26-10-33-7-13-35(14-8-33)49(65)69-40-22-18-38(19-23-40)67-30-4-2-28-51(55,56)57/h5-26,31,45-47,62-63H,1-4,27-30,58-59H2/b25-9+,26-10+. The van der Waals surface area contributed by atoms with E-state index in [9.17, 15) is 55.7 Å². The fourth-order valence-corrected chi connectivity index (χ4v) is 6.55. The highest BCUT2D eigenvalue weighted by molar-refractivity contribution is 6.01. The summed E-state index contributed by atoms with van der Waals surface area (Å²) < 4.78 is 95.6. The second-order valence-corrected chi connectivity index (χ2v) is 15.6. The lowest BCUT2D eigenvalue weighted by Crippen LogP contribution is -2.39. The zero-order valence-electron chi connectivity index (χ0n) is 36.8. The average Bonchev–Trinajstić information content (AvgIpc) is 3.31. The Hall–Kier alpha value is -7.44. The number of hydrogen-bond acceptors (Lipinski definition) is 12. The van der Waals surface area contributed by atoms with E-state index in [0.717, 1.165) is 12.2 Å². The molecule has 69 heavy (non-hydrogen) atoms. The molecule has 0 fully saturated rings. The molecule has 5 aromatic rings. The van der Waals surface area contributed by atoms with Crippen molar-refractivity contribution in [1.29, 1.82) is 0 Å². The molecule has 0 amide bonds. The first-order valence-electron chi connectivity index (χ1n) is 21.4. The van der Waals surface area contributed by atoms with E-state index in [1.807, 2.05) is 0 Å². The van der Waals surface area contributed by atoms with Gasteiger partial charge in [0.15, 0.2) is 11.6 Å². The molecule has 0 radical (unpaired) electrons. The number of aliphatic hydroxyl groups excluding tert-OH is 2. The van der Waals surface area contributed by atoms with E-state index in [-0.39, 0.29) is 78.5 Å². The summed E-state index contributed by atoms with van der Waals surface area (Å²) in [4.78, 5) is 52.4. The minimum atomic E-state index is -4.22. The minimum absolute atomic E-state index is 0.00166. The molecule has 0 bridgehead atoms. The van der Waals surface area contributed by atoms with Crippen molar-refractivity contribution in [2.75, 3.05) is 24.7 Å². The van der Waals surface area contributed by atoms with Crippen molar-refractivity contribution in [3.63, 3.8) is 0 Å². The van der Waals surface area contributed by atoms with Crippen LogP contribution in [0.25, 0.3) is 12.2 Å². The van der Waals surface area contributed by atoms with E-state index < -0.39 is 66.8 Å². The van der Waals surface area contributed by atoms with E-state index >= 15 is 0 Å². The highest BCUT2D eigenvalue weighted by atomic mass is 19.4. The monoisotopic (exact) mass is 962 g/mol. The molecule has 0 spiro atoms. The lowest BCUT2D eigenvalue weighted by atomic mass is 9.83. The molecule has 0 aliphatic heterocycles. The number of carbonyl (C=O) groups excluding carboxylic acids is 4. The first-order valence-corrected chi connectivity index (χ1v) is 21.4. The molecule has 0 aliphatic carbocycles. The molecule has 5 aromatic carbocycles. The number of alkyl halides is 6. The molecule has 6 N–H and O–H groups in total. The van der Waals surface area contributed by atoms with Gasteiger partial charge in [-0.25, -0.2) is 9.59 Å². The van der Waals surface area contributed by atoms with Crippen LogP contribution in [0.2, 0.25) is 0 Å². The van der Waals surface area contributed by atoms with Crippen molar-refractivity contribution in [2.24, 2.45) is 0 Å². The Labute approximate surface area is 392 Å². The Morgan fingerprint density at radius 3 is 1.26 bits per heavy atom. The molecule has 0 saturated heterocycles. The van der Waals surface area contributed by atoms with Gasteiger partial charge in [0, 0.05) is 24.2 Å². The SMILES string of the molecule is Nc1ccc(C(C(O)C(=O)/C=C/c2ccc(C(=O)Oc3ccc(OCCCCC(F)(F)F)cc3)cc2)C(O)C(=O)/C=C/c2ccc(C(=O)Oc3ccc(OCCCCC(F)(F)F)cc3)cc2)c(N)c1. The van der Waals surface area contributed by atoms with Crippen LogP contribution in [0, 0.1) is 0 Å². The maximum atomic E-state index is 13.4. The average molecular weight is 963 g/mol. The molecule has 364 valence electrons. The molecular weight excluding hydrogens is 915 g/mol. The highest BCUT2D eigenvalue weighted by Gasteiger charge is 2.37. The Bertz CT molecular complexity index is 2410. The number of hydrogen-bond donors (Lipinski definition) is 4. The van der Waals surface area contributed by atoms with Gasteiger partial charge < -0.3 is 40.6 Å². The van der Waals surface area contributed by atoms with E-state index in [1.54, 1.807) is 0 Å². The van der Waals surface area contributed by atoms with E-state index in [4.69, 9.17) is 30.4 Å². The van der Waals surface area contributed by atoms with Crippen LogP contribution < -0.4 is 30.4 Å². The van der Waals surface area contributed by atoms with Crippen LogP contribution in [0.3, 0.4) is 0 Å². The van der Waals surface area contributed by atoms with E-state index in [2.05, 4.69) is 0 Å². The predicted molar refractivity (Wildman–Crippen MR) is 245 cm³/mol. The highest BCUT2D eigenvalue weighted by Crippen LogP contribution is 2.32. The number of rotatable bonds is 23. The van der Waals surface area contributed by atoms with Crippen LogP contribution in [0.4, 0.5) is 37.7 Å². The normalized spacial score (nSPS) is 13.2. The van der Waals surface area contributed by atoms with Crippen LogP contribution in [0.15, 0.2) is 127 Å². The first kappa shape index (κ1) is 52.5. The molecule has 2 atom stereocenters. The van der Waals surface area contributed by atoms with Crippen molar-refractivity contribution in [2.45, 2.75) is 69.0 Å². The largest absolute Gasteiger partial charge is 0.494 e. The van der Waals surface area contributed by atoms with Gasteiger partial charge in [-0.2, -0.15) is 26.3 Å². The molecule has 12 nitrogen and oxygen atoms in total.